The molecule has 0 aliphatic carbocycles. The van der Waals surface area contributed by atoms with Gasteiger partial charge in [0.25, 0.3) is 0 Å². The third kappa shape index (κ3) is 3.53. The second-order valence-electron chi connectivity index (χ2n) is 7.39. The van der Waals surface area contributed by atoms with E-state index in [1.807, 2.05) is 18.2 Å². The SMILES string of the molecule is COc1cccc2c1N(C1CCN(S(=O)(=O)c3cccc(Cl)c3C)CC1)C(=O)OC2. The summed E-state index contributed by atoms with van der Waals surface area (Å²) in [4.78, 5) is 14.4. The first-order valence-corrected chi connectivity index (χ1v) is 11.5. The van der Waals surface area contributed by atoms with Crippen LogP contribution in [0.2, 0.25) is 5.02 Å². The van der Waals surface area contributed by atoms with Gasteiger partial charge in [-0.05, 0) is 43.5 Å². The number of benzene rings is 2. The zero-order chi connectivity index (χ0) is 21.5. The molecule has 0 unspecified atom stereocenters. The van der Waals surface area contributed by atoms with Gasteiger partial charge in [-0.25, -0.2) is 13.2 Å². The van der Waals surface area contributed by atoms with Crippen molar-refractivity contribution in [2.24, 2.45) is 0 Å². The standard InChI is InChI=1S/C21H23ClN2O5S/c1-14-17(22)6-4-8-19(14)30(26,27)23-11-9-16(10-12-23)24-20-15(13-29-21(24)25)5-3-7-18(20)28-2/h3-8,16H,9-13H2,1-2H3. The highest BCUT2D eigenvalue weighted by Gasteiger charge is 2.38. The molecule has 4 rings (SSSR count). The third-order valence-corrected chi connectivity index (χ3v) is 8.17. The number of nitrogens with zero attached hydrogens (tertiary/aromatic N) is 2. The van der Waals surface area contributed by atoms with E-state index < -0.39 is 16.1 Å². The number of methoxy groups -OCH3 is 1. The number of rotatable bonds is 4. The molecule has 2 aromatic carbocycles. The number of cyclic esters (lactones) is 1. The summed E-state index contributed by atoms with van der Waals surface area (Å²) in [6.07, 6.45) is 0.552. The molecule has 160 valence electrons. The van der Waals surface area contributed by atoms with Crippen LogP contribution in [0.4, 0.5) is 10.5 Å². The number of ether oxygens (including phenoxy) is 2. The molecule has 9 heteroatoms. The van der Waals surface area contributed by atoms with E-state index in [2.05, 4.69) is 0 Å². The molecule has 0 bridgehead atoms. The smallest absolute Gasteiger partial charge is 0.415 e. The lowest BCUT2D eigenvalue weighted by Crippen LogP contribution is -2.50. The minimum Gasteiger partial charge on any atom is -0.495 e. The first kappa shape index (κ1) is 21.0. The van der Waals surface area contributed by atoms with Crippen molar-refractivity contribution in [3.63, 3.8) is 0 Å². The zero-order valence-electron chi connectivity index (χ0n) is 16.8. The van der Waals surface area contributed by atoms with E-state index in [0.717, 1.165) is 5.56 Å². The predicted octanol–water partition coefficient (Wildman–Crippen LogP) is 3.97. The van der Waals surface area contributed by atoms with E-state index in [9.17, 15) is 13.2 Å². The van der Waals surface area contributed by atoms with Crippen LogP contribution in [-0.4, -0.2) is 45.1 Å². The van der Waals surface area contributed by atoms with Gasteiger partial charge < -0.3 is 9.47 Å². The van der Waals surface area contributed by atoms with E-state index >= 15 is 0 Å². The largest absolute Gasteiger partial charge is 0.495 e. The average molecular weight is 451 g/mol. The molecule has 0 N–H and O–H groups in total. The van der Waals surface area contributed by atoms with Crippen molar-refractivity contribution < 1.29 is 22.7 Å². The molecule has 0 aromatic heterocycles. The van der Waals surface area contributed by atoms with Crippen molar-refractivity contribution in [3.8, 4) is 5.75 Å². The molecule has 2 aliphatic heterocycles. The third-order valence-electron chi connectivity index (χ3n) is 5.72. The number of amides is 1. The van der Waals surface area contributed by atoms with Gasteiger partial charge in [0, 0.05) is 29.7 Å². The number of carbonyl (C=O) groups is 1. The first-order valence-electron chi connectivity index (χ1n) is 9.71. The van der Waals surface area contributed by atoms with E-state index in [1.54, 1.807) is 37.1 Å². The van der Waals surface area contributed by atoms with Crippen LogP contribution in [0.3, 0.4) is 0 Å². The van der Waals surface area contributed by atoms with Crippen LogP contribution in [0, 0.1) is 6.92 Å². The molecule has 30 heavy (non-hydrogen) atoms. The molecular formula is C21H23ClN2O5S. The second-order valence-corrected chi connectivity index (χ2v) is 9.70. The fourth-order valence-electron chi connectivity index (χ4n) is 4.10. The molecule has 0 atom stereocenters. The first-order chi connectivity index (χ1) is 14.3. The maximum absolute atomic E-state index is 13.1. The minimum absolute atomic E-state index is 0.181. The van der Waals surface area contributed by atoms with Crippen molar-refractivity contribution in [2.75, 3.05) is 25.1 Å². The number of fused-ring (bicyclic) bond motifs is 1. The second kappa shape index (κ2) is 8.09. The van der Waals surface area contributed by atoms with E-state index in [0.29, 0.717) is 48.0 Å². The van der Waals surface area contributed by atoms with Gasteiger partial charge in [0.15, 0.2) is 0 Å². The molecule has 2 aromatic rings. The lowest BCUT2D eigenvalue weighted by atomic mass is 10.0. The summed E-state index contributed by atoms with van der Waals surface area (Å²) >= 11 is 6.12. The maximum Gasteiger partial charge on any atom is 0.415 e. The highest BCUT2D eigenvalue weighted by molar-refractivity contribution is 7.89. The Morgan fingerprint density at radius 3 is 2.53 bits per heavy atom. The van der Waals surface area contributed by atoms with Crippen LogP contribution in [-0.2, 0) is 21.4 Å². The summed E-state index contributed by atoms with van der Waals surface area (Å²) < 4.78 is 38.6. The fraction of sp³-hybridized carbons (Fsp3) is 0.381. The lowest BCUT2D eigenvalue weighted by molar-refractivity contribution is 0.135. The zero-order valence-corrected chi connectivity index (χ0v) is 18.4. The Morgan fingerprint density at radius 2 is 1.83 bits per heavy atom. The summed E-state index contributed by atoms with van der Waals surface area (Å²) in [6.45, 7) is 2.50. The Morgan fingerprint density at radius 1 is 1.13 bits per heavy atom. The normalized spacial score (nSPS) is 18.1. The van der Waals surface area contributed by atoms with Crippen LogP contribution in [0.15, 0.2) is 41.3 Å². The average Bonchev–Trinajstić information content (AvgIpc) is 2.75. The summed E-state index contributed by atoms with van der Waals surface area (Å²) in [6, 6.07) is 10.3. The Balaban J connectivity index is 1.57. The Labute approximate surface area is 181 Å². The van der Waals surface area contributed by atoms with Crippen molar-refractivity contribution in [2.45, 2.75) is 37.3 Å². The number of para-hydroxylation sites is 1. The molecule has 1 saturated heterocycles. The number of halogens is 1. The number of carbonyl (C=O) groups excluding carboxylic acids is 1. The maximum atomic E-state index is 13.1. The number of hydrogen-bond acceptors (Lipinski definition) is 5. The van der Waals surface area contributed by atoms with Gasteiger partial charge in [-0.2, -0.15) is 4.31 Å². The molecule has 2 aliphatic rings. The fourth-order valence-corrected chi connectivity index (χ4v) is 6.05. The Hall–Kier alpha value is -2.29. The van der Waals surface area contributed by atoms with Gasteiger partial charge >= 0.3 is 6.09 Å². The molecule has 1 amide bonds. The lowest BCUT2D eigenvalue weighted by Gasteiger charge is -2.40. The van der Waals surface area contributed by atoms with Crippen LogP contribution < -0.4 is 9.64 Å². The van der Waals surface area contributed by atoms with Crippen molar-refractivity contribution in [1.82, 2.24) is 4.31 Å². The van der Waals surface area contributed by atoms with Crippen LogP contribution in [0.5, 0.6) is 5.75 Å². The van der Waals surface area contributed by atoms with Gasteiger partial charge in [-0.1, -0.05) is 29.8 Å². The summed E-state index contributed by atoms with van der Waals surface area (Å²) in [5.74, 6) is 0.605. The Bertz CT molecular complexity index is 1070. The quantitative estimate of drug-likeness (QED) is 0.704. The molecular weight excluding hydrogens is 428 g/mol. The van der Waals surface area contributed by atoms with Gasteiger partial charge in [0.1, 0.15) is 12.4 Å². The highest BCUT2D eigenvalue weighted by Crippen LogP contribution is 2.39. The summed E-state index contributed by atoms with van der Waals surface area (Å²) in [7, 11) is -2.10. The summed E-state index contributed by atoms with van der Waals surface area (Å²) in [5, 5.41) is 0.422. The van der Waals surface area contributed by atoms with Gasteiger partial charge in [0.05, 0.1) is 17.7 Å². The number of sulfonamides is 1. The monoisotopic (exact) mass is 450 g/mol. The number of anilines is 1. The Kier molecular flexibility index (Phi) is 5.65. The molecule has 1 fully saturated rings. The minimum atomic E-state index is -3.67. The van der Waals surface area contributed by atoms with Crippen LogP contribution in [0.25, 0.3) is 0 Å². The van der Waals surface area contributed by atoms with Crippen LogP contribution in [0.1, 0.15) is 24.0 Å². The molecule has 7 nitrogen and oxygen atoms in total. The van der Waals surface area contributed by atoms with E-state index in [4.69, 9.17) is 21.1 Å². The number of piperidine rings is 1. The van der Waals surface area contributed by atoms with Crippen molar-refractivity contribution in [3.05, 3.63) is 52.5 Å². The van der Waals surface area contributed by atoms with Gasteiger partial charge in [-0.15, -0.1) is 0 Å². The van der Waals surface area contributed by atoms with Crippen molar-refractivity contribution >= 4 is 33.4 Å². The number of hydrogen-bond donors (Lipinski definition) is 0. The van der Waals surface area contributed by atoms with E-state index in [1.165, 1.54) is 4.31 Å². The molecule has 0 saturated carbocycles. The van der Waals surface area contributed by atoms with Crippen molar-refractivity contribution in [1.29, 1.82) is 0 Å². The molecule has 2 heterocycles. The van der Waals surface area contributed by atoms with Gasteiger partial charge in [-0.3, -0.25) is 4.90 Å². The van der Waals surface area contributed by atoms with E-state index in [-0.39, 0.29) is 17.5 Å². The topological polar surface area (TPSA) is 76.2 Å². The van der Waals surface area contributed by atoms with Gasteiger partial charge in [0.2, 0.25) is 10.0 Å². The highest BCUT2D eigenvalue weighted by atomic mass is 35.5. The summed E-state index contributed by atoms with van der Waals surface area (Å²) in [5.41, 5.74) is 2.13. The molecule has 0 spiro atoms. The van der Waals surface area contributed by atoms with Crippen LogP contribution >= 0.6 is 11.6 Å². The predicted molar refractivity (Wildman–Crippen MR) is 114 cm³/mol. The molecule has 0 radical (unpaired) electrons.